The lowest BCUT2D eigenvalue weighted by atomic mass is 10.1. The van der Waals surface area contributed by atoms with Crippen molar-refractivity contribution in [3.63, 3.8) is 0 Å². The maximum atomic E-state index is 10.9. The molecule has 7 heteroatoms. The maximum absolute atomic E-state index is 10.9. The van der Waals surface area contributed by atoms with Gasteiger partial charge in [-0.15, -0.1) is 0 Å². The van der Waals surface area contributed by atoms with Gasteiger partial charge in [0.1, 0.15) is 11.5 Å². The molecule has 30 heavy (non-hydrogen) atoms. The van der Waals surface area contributed by atoms with Gasteiger partial charge in [0, 0.05) is 30.6 Å². The number of aromatic amines is 1. The molecule has 4 rings (SSSR count). The van der Waals surface area contributed by atoms with Crippen LogP contribution in [0.1, 0.15) is 11.3 Å². The number of nitro benzene ring substituents is 1. The number of H-pyrrole nitrogens is 1. The van der Waals surface area contributed by atoms with Gasteiger partial charge in [-0.1, -0.05) is 30.3 Å². The number of rotatable bonds is 8. The standard InChI is InChI=1S/C23H20N4O3/c28-27(29)21-8-6-18(7-9-21)15-26(16-19-14-24-17-25-19)20-10-12-23(13-11-20)30-22-4-2-1-3-5-22/h1-14,17H,15-16H2,(H,24,25). The van der Waals surface area contributed by atoms with Crippen molar-refractivity contribution < 1.29 is 9.66 Å². The van der Waals surface area contributed by atoms with Crippen molar-refractivity contribution >= 4 is 11.4 Å². The third-order valence-electron chi connectivity index (χ3n) is 4.62. The van der Waals surface area contributed by atoms with E-state index in [2.05, 4.69) is 14.9 Å². The molecule has 0 bridgehead atoms. The second-order valence-corrected chi connectivity index (χ2v) is 6.77. The highest BCUT2D eigenvalue weighted by Gasteiger charge is 2.12. The molecule has 0 saturated carbocycles. The minimum atomic E-state index is -0.391. The summed E-state index contributed by atoms with van der Waals surface area (Å²) in [6.07, 6.45) is 3.44. The number of benzene rings is 3. The zero-order valence-electron chi connectivity index (χ0n) is 16.1. The van der Waals surface area contributed by atoms with E-state index in [0.717, 1.165) is 28.4 Å². The highest BCUT2D eigenvalue weighted by Crippen LogP contribution is 2.26. The zero-order chi connectivity index (χ0) is 20.8. The van der Waals surface area contributed by atoms with Crippen LogP contribution in [0.5, 0.6) is 11.5 Å². The Hall–Kier alpha value is -4.13. The summed E-state index contributed by atoms with van der Waals surface area (Å²) in [4.78, 5) is 19.9. The molecule has 1 aromatic heterocycles. The smallest absolute Gasteiger partial charge is 0.269 e. The minimum Gasteiger partial charge on any atom is -0.457 e. The molecule has 0 fully saturated rings. The number of hydrogen-bond acceptors (Lipinski definition) is 5. The first kappa shape index (κ1) is 19.2. The number of ether oxygens (including phenoxy) is 1. The molecular formula is C23H20N4O3. The van der Waals surface area contributed by atoms with Gasteiger partial charge in [0.2, 0.25) is 0 Å². The quantitative estimate of drug-likeness (QED) is 0.320. The summed E-state index contributed by atoms with van der Waals surface area (Å²) in [6.45, 7) is 1.21. The zero-order valence-corrected chi connectivity index (χ0v) is 16.1. The predicted octanol–water partition coefficient (Wildman–Crippen LogP) is 5.32. The Bertz CT molecular complexity index is 1080. The molecule has 0 amide bonds. The fourth-order valence-electron chi connectivity index (χ4n) is 3.11. The summed E-state index contributed by atoms with van der Waals surface area (Å²) in [7, 11) is 0. The van der Waals surface area contributed by atoms with Crippen LogP contribution in [0.2, 0.25) is 0 Å². The van der Waals surface area contributed by atoms with Gasteiger partial charge in [0.25, 0.3) is 5.69 Å². The summed E-state index contributed by atoms with van der Waals surface area (Å²) in [6, 6.07) is 24.1. The van der Waals surface area contributed by atoms with E-state index in [4.69, 9.17) is 4.74 Å². The topological polar surface area (TPSA) is 84.3 Å². The molecule has 0 unspecified atom stereocenters. The molecule has 3 aromatic carbocycles. The first-order valence-corrected chi connectivity index (χ1v) is 9.46. The average molecular weight is 400 g/mol. The van der Waals surface area contributed by atoms with E-state index in [1.54, 1.807) is 24.7 Å². The molecule has 0 aliphatic heterocycles. The Morgan fingerprint density at radius 3 is 2.23 bits per heavy atom. The van der Waals surface area contributed by atoms with Crippen LogP contribution < -0.4 is 9.64 Å². The van der Waals surface area contributed by atoms with Crippen molar-refractivity contribution in [2.45, 2.75) is 13.1 Å². The number of nitrogens with zero attached hydrogens (tertiary/aromatic N) is 3. The molecule has 0 radical (unpaired) electrons. The van der Waals surface area contributed by atoms with E-state index in [9.17, 15) is 10.1 Å². The van der Waals surface area contributed by atoms with Crippen LogP contribution in [0.4, 0.5) is 11.4 Å². The van der Waals surface area contributed by atoms with Gasteiger partial charge in [-0.2, -0.15) is 0 Å². The molecule has 0 atom stereocenters. The highest BCUT2D eigenvalue weighted by molar-refractivity contribution is 5.50. The van der Waals surface area contributed by atoms with Crippen LogP contribution in [0.3, 0.4) is 0 Å². The Morgan fingerprint density at radius 2 is 1.60 bits per heavy atom. The third-order valence-corrected chi connectivity index (χ3v) is 4.62. The summed E-state index contributed by atoms with van der Waals surface area (Å²) < 4.78 is 5.87. The summed E-state index contributed by atoms with van der Waals surface area (Å²) in [5, 5.41) is 10.9. The van der Waals surface area contributed by atoms with E-state index < -0.39 is 4.92 Å². The number of non-ortho nitro benzene ring substituents is 1. The van der Waals surface area contributed by atoms with Gasteiger partial charge in [-0.05, 0) is 42.0 Å². The lowest BCUT2D eigenvalue weighted by Gasteiger charge is -2.24. The molecule has 0 saturated heterocycles. The summed E-state index contributed by atoms with van der Waals surface area (Å²) >= 11 is 0. The van der Waals surface area contributed by atoms with Gasteiger partial charge in [-0.3, -0.25) is 10.1 Å². The van der Waals surface area contributed by atoms with Crippen molar-refractivity contribution in [2.24, 2.45) is 0 Å². The van der Waals surface area contributed by atoms with E-state index in [1.165, 1.54) is 12.1 Å². The van der Waals surface area contributed by atoms with E-state index in [0.29, 0.717) is 13.1 Å². The molecule has 0 aliphatic carbocycles. The maximum Gasteiger partial charge on any atom is 0.269 e. The number of nitrogens with one attached hydrogen (secondary N) is 1. The van der Waals surface area contributed by atoms with E-state index >= 15 is 0 Å². The number of anilines is 1. The molecule has 1 heterocycles. The van der Waals surface area contributed by atoms with Gasteiger partial charge in [-0.25, -0.2) is 4.98 Å². The van der Waals surface area contributed by atoms with Gasteiger partial charge < -0.3 is 14.6 Å². The van der Waals surface area contributed by atoms with Crippen LogP contribution >= 0.6 is 0 Å². The number of imidazole rings is 1. The van der Waals surface area contributed by atoms with Crippen molar-refractivity contribution in [1.29, 1.82) is 0 Å². The second kappa shape index (κ2) is 8.91. The van der Waals surface area contributed by atoms with Crippen molar-refractivity contribution in [1.82, 2.24) is 9.97 Å². The van der Waals surface area contributed by atoms with Crippen LogP contribution in [0, 0.1) is 10.1 Å². The normalized spacial score (nSPS) is 10.5. The predicted molar refractivity (Wildman–Crippen MR) is 115 cm³/mol. The Labute approximate surface area is 173 Å². The SMILES string of the molecule is O=[N+]([O-])c1ccc(CN(Cc2cnc[nH]2)c2ccc(Oc3ccccc3)cc2)cc1. The summed E-state index contributed by atoms with van der Waals surface area (Å²) in [5.74, 6) is 1.53. The minimum absolute atomic E-state index is 0.0845. The molecule has 0 spiro atoms. The molecule has 4 aromatic rings. The number of hydrogen-bond donors (Lipinski definition) is 1. The summed E-state index contributed by atoms with van der Waals surface area (Å²) in [5.41, 5.74) is 3.04. The molecule has 150 valence electrons. The molecule has 7 nitrogen and oxygen atoms in total. The highest BCUT2D eigenvalue weighted by atomic mass is 16.6. The molecular weight excluding hydrogens is 380 g/mol. The van der Waals surface area contributed by atoms with Crippen LogP contribution in [-0.4, -0.2) is 14.9 Å². The van der Waals surface area contributed by atoms with E-state index in [-0.39, 0.29) is 5.69 Å². The lowest BCUT2D eigenvalue weighted by molar-refractivity contribution is -0.384. The Morgan fingerprint density at radius 1 is 0.900 bits per heavy atom. The van der Waals surface area contributed by atoms with Crippen molar-refractivity contribution in [3.8, 4) is 11.5 Å². The average Bonchev–Trinajstić information content (AvgIpc) is 3.28. The third kappa shape index (κ3) is 4.82. The van der Waals surface area contributed by atoms with Crippen molar-refractivity contribution in [3.05, 3.63) is 113 Å². The molecule has 1 N–H and O–H groups in total. The Balaban J connectivity index is 1.53. The fourth-order valence-corrected chi connectivity index (χ4v) is 3.11. The van der Waals surface area contributed by atoms with Crippen LogP contribution in [0.25, 0.3) is 0 Å². The van der Waals surface area contributed by atoms with Crippen LogP contribution in [0.15, 0.2) is 91.4 Å². The Kier molecular flexibility index (Phi) is 5.70. The first-order chi connectivity index (χ1) is 14.7. The van der Waals surface area contributed by atoms with E-state index in [1.807, 2.05) is 54.6 Å². The fraction of sp³-hybridized carbons (Fsp3) is 0.0870. The van der Waals surface area contributed by atoms with Crippen molar-refractivity contribution in [2.75, 3.05) is 4.90 Å². The van der Waals surface area contributed by atoms with Gasteiger partial charge in [0.15, 0.2) is 0 Å². The molecule has 0 aliphatic rings. The number of aromatic nitrogens is 2. The monoisotopic (exact) mass is 400 g/mol. The van der Waals surface area contributed by atoms with Crippen LogP contribution in [-0.2, 0) is 13.1 Å². The largest absolute Gasteiger partial charge is 0.457 e. The van der Waals surface area contributed by atoms with Gasteiger partial charge in [0.05, 0.1) is 23.5 Å². The second-order valence-electron chi connectivity index (χ2n) is 6.77. The van der Waals surface area contributed by atoms with Gasteiger partial charge >= 0.3 is 0 Å². The number of nitro groups is 1. The lowest BCUT2D eigenvalue weighted by Crippen LogP contribution is -2.22. The number of para-hydroxylation sites is 1. The first-order valence-electron chi connectivity index (χ1n) is 9.46.